The van der Waals surface area contributed by atoms with E-state index in [9.17, 15) is 14.1 Å². The largest absolute Gasteiger partial charge is 0.598 e. The molecular weight excluding hydrogens is 621 g/mol. The van der Waals surface area contributed by atoms with Gasteiger partial charge in [-0.15, -0.1) is 4.72 Å². The molecule has 3 aromatic rings. The summed E-state index contributed by atoms with van der Waals surface area (Å²) in [5.74, 6) is -0.0237. The van der Waals surface area contributed by atoms with Crippen LogP contribution in [-0.2, 0) is 32.3 Å². The summed E-state index contributed by atoms with van der Waals surface area (Å²) in [6.07, 6.45) is 1.90. The van der Waals surface area contributed by atoms with Crippen LogP contribution in [0.25, 0.3) is 11.0 Å². The third kappa shape index (κ3) is 7.75. The number of nitrogens with zero attached hydrogens (tertiary/aromatic N) is 3. The molecule has 1 aliphatic heterocycles. The maximum absolute atomic E-state index is 13.5. The van der Waals surface area contributed by atoms with Crippen molar-refractivity contribution in [3.8, 4) is 0 Å². The molecule has 5 rings (SSSR count). The van der Waals surface area contributed by atoms with E-state index >= 15 is 0 Å². The fourth-order valence-electron chi connectivity index (χ4n) is 5.49. The Morgan fingerprint density at radius 3 is 2.30 bits per heavy atom. The number of carbonyl (C=O) groups is 2. The van der Waals surface area contributed by atoms with E-state index in [1.807, 2.05) is 50.5 Å². The second kappa shape index (κ2) is 13.9. The van der Waals surface area contributed by atoms with E-state index < -0.39 is 36.3 Å². The van der Waals surface area contributed by atoms with E-state index in [1.165, 1.54) is 4.90 Å². The summed E-state index contributed by atoms with van der Waals surface area (Å²) >= 11 is -1.39. The van der Waals surface area contributed by atoms with Crippen molar-refractivity contribution in [3.05, 3.63) is 65.0 Å². The molecule has 250 valence electrons. The van der Waals surface area contributed by atoms with Gasteiger partial charge in [0, 0.05) is 33.2 Å². The van der Waals surface area contributed by atoms with Crippen molar-refractivity contribution in [2.45, 2.75) is 102 Å². The zero-order valence-electron chi connectivity index (χ0n) is 28.3. The van der Waals surface area contributed by atoms with Crippen molar-refractivity contribution >= 4 is 42.3 Å². The number of hydrogen-bond acceptors (Lipinski definition) is 8. The molecule has 0 radical (unpaired) electrons. The molecule has 0 spiro atoms. The first kappa shape index (κ1) is 34.7. The zero-order valence-corrected chi connectivity index (χ0v) is 30.1. The van der Waals surface area contributed by atoms with E-state index in [4.69, 9.17) is 19.2 Å². The van der Waals surface area contributed by atoms with E-state index in [-0.39, 0.29) is 37.4 Å². The van der Waals surface area contributed by atoms with Crippen molar-refractivity contribution in [1.29, 1.82) is 0 Å². The summed E-state index contributed by atoms with van der Waals surface area (Å²) in [7, 11) is 0.246. The summed E-state index contributed by atoms with van der Waals surface area (Å²) in [6.45, 7) is 15.8. The number of carbonyl (C=O) groups excluding carboxylic acids is 2. The lowest BCUT2D eigenvalue weighted by Crippen LogP contribution is -2.45. The molecule has 4 atom stereocenters. The fourth-order valence-corrected chi connectivity index (χ4v) is 7.12. The molecular formula is C34H48N4O6SSi. The molecule has 2 aromatic carbocycles. The number of nitrogens with one attached hydrogen (secondary N) is 1. The van der Waals surface area contributed by atoms with Crippen LogP contribution in [0.5, 0.6) is 0 Å². The SMILES string of the molecule is COC[C@H](c1ccc2c(c1)nc([C@@H](N[S@+]([O-])C(C)(C)C)[C@@H](C)OC1CC1)n2COCC[Si](C)(C)C)N1C(=O)c2ccccc2C1=O. The predicted molar refractivity (Wildman–Crippen MR) is 183 cm³/mol. The van der Waals surface area contributed by atoms with Gasteiger partial charge in [0.2, 0.25) is 0 Å². The number of amides is 2. The molecule has 1 aromatic heterocycles. The van der Waals surface area contributed by atoms with E-state index in [0.29, 0.717) is 29.1 Å². The van der Waals surface area contributed by atoms with Crippen molar-refractivity contribution in [3.63, 3.8) is 0 Å². The minimum absolute atomic E-state index is 0.130. The highest BCUT2D eigenvalue weighted by Gasteiger charge is 2.41. The average molecular weight is 669 g/mol. The van der Waals surface area contributed by atoms with Crippen molar-refractivity contribution < 1.29 is 28.4 Å². The van der Waals surface area contributed by atoms with Gasteiger partial charge < -0.3 is 23.3 Å². The minimum Gasteiger partial charge on any atom is -0.598 e. The van der Waals surface area contributed by atoms with Gasteiger partial charge in [-0.2, -0.15) is 0 Å². The number of methoxy groups -OCH3 is 1. The Balaban J connectivity index is 1.55. The Morgan fingerprint density at radius 2 is 1.74 bits per heavy atom. The maximum atomic E-state index is 13.5. The minimum atomic E-state index is -1.39. The van der Waals surface area contributed by atoms with Crippen LogP contribution in [0.15, 0.2) is 42.5 Å². The van der Waals surface area contributed by atoms with Crippen LogP contribution in [0.4, 0.5) is 0 Å². The van der Waals surface area contributed by atoms with E-state index in [1.54, 1.807) is 31.4 Å². The fraction of sp³-hybridized carbons (Fsp3) is 0.559. The lowest BCUT2D eigenvalue weighted by Gasteiger charge is -2.31. The first-order chi connectivity index (χ1) is 21.7. The molecule has 10 nitrogen and oxygen atoms in total. The Labute approximate surface area is 276 Å². The topological polar surface area (TPSA) is 118 Å². The molecule has 1 aliphatic carbocycles. The Kier molecular flexibility index (Phi) is 10.5. The van der Waals surface area contributed by atoms with Gasteiger partial charge in [0.1, 0.15) is 23.3 Å². The monoisotopic (exact) mass is 668 g/mol. The first-order valence-corrected chi connectivity index (χ1v) is 20.9. The Bertz CT molecular complexity index is 1530. The lowest BCUT2D eigenvalue weighted by molar-refractivity contribution is 0.0254. The van der Waals surface area contributed by atoms with Crippen molar-refractivity contribution in [2.24, 2.45) is 0 Å². The van der Waals surface area contributed by atoms with E-state index in [0.717, 1.165) is 30.0 Å². The third-order valence-electron chi connectivity index (χ3n) is 8.33. The van der Waals surface area contributed by atoms with Crippen LogP contribution in [0, 0.1) is 0 Å². The molecule has 2 amide bonds. The summed E-state index contributed by atoms with van der Waals surface area (Å²) < 4.78 is 36.5. The van der Waals surface area contributed by atoms with Crippen LogP contribution in [-0.4, -0.2) is 76.2 Å². The van der Waals surface area contributed by atoms with Gasteiger partial charge in [-0.1, -0.05) is 37.8 Å². The molecule has 0 saturated heterocycles. The van der Waals surface area contributed by atoms with Crippen LogP contribution in [0.1, 0.15) is 84.7 Å². The van der Waals surface area contributed by atoms with Gasteiger partial charge in [0.05, 0.1) is 47.0 Å². The summed E-state index contributed by atoms with van der Waals surface area (Å²) in [6, 6.07) is 12.5. The number of rotatable bonds is 15. The number of fused-ring (bicyclic) bond motifs is 2. The normalized spacial score (nSPS) is 18.2. The zero-order chi connectivity index (χ0) is 33.4. The predicted octanol–water partition coefficient (Wildman–Crippen LogP) is 5.99. The first-order valence-electron chi connectivity index (χ1n) is 16.1. The molecule has 1 saturated carbocycles. The molecule has 2 aliphatic rings. The Morgan fingerprint density at radius 1 is 1.09 bits per heavy atom. The van der Waals surface area contributed by atoms with Gasteiger partial charge in [0.25, 0.3) is 11.8 Å². The van der Waals surface area contributed by atoms with E-state index in [2.05, 4.69) is 24.4 Å². The standard InChI is InChI=1S/C34H48N4O6SSi/c1-22(44-24-14-15-24)30(36-45(41)34(2,3)4)31-35-27-19-23(13-16-28(27)37(31)21-43-17-18-46(6,7)8)29(20-42-5)38-32(39)25-11-9-10-12-26(25)33(38)40/h9-13,16,19,22,24,29-30,36H,14-15,17-18,20-21H2,1-8H3/t22-,29-,30+,45-/m1/s1. The van der Waals surface area contributed by atoms with Crippen molar-refractivity contribution in [2.75, 3.05) is 20.3 Å². The third-order valence-corrected chi connectivity index (χ3v) is 11.6. The molecule has 0 unspecified atom stereocenters. The highest BCUT2D eigenvalue weighted by molar-refractivity contribution is 7.90. The van der Waals surface area contributed by atoms with Gasteiger partial charge in [-0.25, -0.2) is 4.98 Å². The number of imide groups is 1. The second-order valence-corrected chi connectivity index (χ2v) is 22.1. The van der Waals surface area contributed by atoms with Gasteiger partial charge in [-0.05, 0) is 76.4 Å². The summed E-state index contributed by atoms with van der Waals surface area (Å²) in [5, 5.41) is 0. The molecule has 12 heteroatoms. The second-order valence-electron chi connectivity index (χ2n) is 14.5. The quantitative estimate of drug-likeness (QED) is 0.0908. The number of hydrogen-bond donors (Lipinski definition) is 1. The van der Waals surface area contributed by atoms with Crippen molar-refractivity contribution in [1.82, 2.24) is 19.2 Å². The van der Waals surface area contributed by atoms with Gasteiger partial charge in [-0.3, -0.25) is 14.5 Å². The number of aromatic nitrogens is 2. The van der Waals surface area contributed by atoms with Gasteiger partial charge in [0.15, 0.2) is 0 Å². The summed E-state index contributed by atoms with van der Waals surface area (Å²) in [5.41, 5.74) is 3.01. The Hall–Kier alpha value is -2.58. The summed E-state index contributed by atoms with van der Waals surface area (Å²) in [4.78, 5) is 33.3. The highest BCUT2D eigenvalue weighted by Crippen LogP contribution is 2.35. The molecule has 1 N–H and O–H groups in total. The number of benzene rings is 2. The molecule has 1 fully saturated rings. The number of ether oxygens (including phenoxy) is 3. The maximum Gasteiger partial charge on any atom is 0.262 e. The highest BCUT2D eigenvalue weighted by atomic mass is 32.2. The molecule has 2 heterocycles. The number of imidazole rings is 1. The van der Waals surface area contributed by atoms with Crippen LogP contribution >= 0.6 is 0 Å². The lowest BCUT2D eigenvalue weighted by atomic mass is 10.0. The van der Waals surface area contributed by atoms with Gasteiger partial charge >= 0.3 is 0 Å². The smallest absolute Gasteiger partial charge is 0.262 e. The van der Waals surface area contributed by atoms with Crippen LogP contribution < -0.4 is 4.72 Å². The van der Waals surface area contributed by atoms with Crippen LogP contribution in [0.3, 0.4) is 0 Å². The average Bonchev–Trinajstić information content (AvgIpc) is 3.68. The van der Waals surface area contributed by atoms with Crippen LogP contribution in [0.2, 0.25) is 25.7 Å². The molecule has 0 bridgehead atoms. The molecule has 46 heavy (non-hydrogen) atoms.